The van der Waals surface area contributed by atoms with Crippen molar-refractivity contribution in [1.29, 1.82) is 0 Å². The van der Waals surface area contributed by atoms with Gasteiger partial charge in [-0.25, -0.2) is 4.79 Å². The van der Waals surface area contributed by atoms with E-state index in [1.807, 2.05) is 0 Å². The molecule has 0 unspecified atom stereocenters. The number of benzene rings is 1. The Kier molecular flexibility index (Phi) is 2.83. The summed E-state index contributed by atoms with van der Waals surface area (Å²) < 4.78 is 32.2. The first-order chi connectivity index (χ1) is 8.34. The van der Waals surface area contributed by atoms with Crippen molar-refractivity contribution in [2.45, 2.75) is 18.4 Å². The summed E-state index contributed by atoms with van der Waals surface area (Å²) in [6.45, 7) is 2.05. The van der Waals surface area contributed by atoms with Crippen LogP contribution in [0.3, 0.4) is 0 Å². The summed E-state index contributed by atoms with van der Waals surface area (Å²) in [5.41, 5.74) is -0.932. The quantitative estimate of drug-likeness (QED) is 0.744. The standard InChI is InChI=1S/C10H10N2O5S/c1-2-12-8-4-3-6(18(15,16)17)5-7(8)9(13)11-10(12)14/h3-5H,2H2,1H3,(H,11,13,14)(H,15,16,17). The molecule has 96 valence electrons. The van der Waals surface area contributed by atoms with Crippen molar-refractivity contribution in [1.82, 2.24) is 9.55 Å². The fourth-order valence-corrected chi connectivity index (χ4v) is 2.25. The van der Waals surface area contributed by atoms with Crippen molar-refractivity contribution in [3.05, 3.63) is 39.0 Å². The predicted octanol–water partition coefficient (Wildman–Crippen LogP) is -0.0436. The number of aromatic amines is 1. The molecular formula is C10H10N2O5S. The van der Waals surface area contributed by atoms with E-state index in [2.05, 4.69) is 4.98 Å². The van der Waals surface area contributed by atoms with E-state index < -0.39 is 21.4 Å². The molecule has 1 aromatic carbocycles. The zero-order chi connectivity index (χ0) is 13.5. The van der Waals surface area contributed by atoms with E-state index in [4.69, 9.17) is 4.55 Å². The molecule has 0 aliphatic rings. The number of aryl methyl sites for hydroxylation is 1. The van der Waals surface area contributed by atoms with Gasteiger partial charge in [-0.15, -0.1) is 0 Å². The molecule has 18 heavy (non-hydrogen) atoms. The minimum absolute atomic E-state index is 0.0339. The number of nitrogens with zero attached hydrogens (tertiary/aromatic N) is 1. The van der Waals surface area contributed by atoms with Crippen LogP contribution in [0.1, 0.15) is 6.92 Å². The Hall–Kier alpha value is -1.93. The van der Waals surface area contributed by atoms with E-state index in [0.717, 1.165) is 12.1 Å². The van der Waals surface area contributed by atoms with Gasteiger partial charge >= 0.3 is 5.69 Å². The third-order valence-corrected chi connectivity index (χ3v) is 3.43. The Morgan fingerprint density at radius 1 is 1.33 bits per heavy atom. The first kappa shape index (κ1) is 12.5. The fraction of sp³-hybridized carbons (Fsp3) is 0.200. The fourth-order valence-electron chi connectivity index (χ4n) is 1.75. The second kappa shape index (κ2) is 4.07. The lowest BCUT2D eigenvalue weighted by atomic mass is 10.2. The molecule has 8 heteroatoms. The van der Waals surface area contributed by atoms with Gasteiger partial charge in [0.1, 0.15) is 0 Å². The maximum absolute atomic E-state index is 11.6. The van der Waals surface area contributed by atoms with Gasteiger partial charge in [0.2, 0.25) is 0 Å². The van der Waals surface area contributed by atoms with E-state index in [1.165, 1.54) is 10.6 Å². The molecule has 7 nitrogen and oxygen atoms in total. The van der Waals surface area contributed by atoms with Gasteiger partial charge in [0.05, 0.1) is 15.8 Å². The smallest absolute Gasteiger partial charge is 0.294 e. The highest BCUT2D eigenvalue weighted by Crippen LogP contribution is 2.14. The number of hydrogen-bond donors (Lipinski definition) is 2. The molecule has 2 rings (SSSR count). The zero-order valence-electron chi connectivity index (χ0n) is 9.37. The molecule has 2 aromatic rings. The molecule has 0 bridgehead atoms. The number of fused-ring (bicyclic) bond motifs is 1. The van der Waals surface area contributed by atoms with Gasteiger partial charge in [-0.05, 0) is 25.1 Å². The Balaban J connectivity index is 2.97. The molecular weight excluding hydrogens is 260 g/mol. The Labute approximate surface area is 101 Å². The second-order valence-electron chi connectivity index (χ2n) is 3.66. The highest BCUT2D eigenvalue weighted by atomic mass is 32.2. The molecule has 1 aromatic heterocycles. The SMILES string of the molecule is CCn1c(=O)[nH]c(=O)c2cc(S(=O)(=O)O)ccc21. The van der Waals surface area contributed by atoms with Gasteiger partial charge in [-0.3, -0.25) is 18.9 Å². The topological polar surface area (TPSA) is 109 Å². The van der Waals surface area contributed by atoms with Gasteiger partial charge in [0.15, 0.2) is 0 Å². The summed E-state index contributed by atoms with van der Waals surface area (Å²) >= 11 is 0. The summed E-state index contributed by atoms with van der Waals surface area (Å²) in [4.78, 5) is 24.8. The third kappa shape index (κ3) is 1.95. The zero-order valence-corrected chi connectivity index (χ0v) is 10.2. The minimum Gasteiger partial charge on any atom is -0.294 e. The van der Waals surface area contributed by atoms with E-state index in [-0.39, 0.29) is 10.3 Å². The lowest BCUT2D eigenvalue weighted by Crippen LogP contribution is -2.29. The van der Waals surface area contributed by atoms with Crippen molar-refractivity contribution in [3.63, 3.8) is 0 Å². The summed E-state index contributed by atoms with van der Waals surface area (Å²) in [6, 6.07) is 3.50. The predicted molar refractivity (Wildman–Crippen MR) is 64.3 cm³/mol. The molecule has 0 saturated carbocycles. The Morgan fingerprint density at radius 2 is 2.00 bits per heavy atom. The number of rotatable bonds is 2. The van der Waals surface area contributed by atoms with Crippen molar-refractivity contribution in [2.24, 2.45) is 0 Å². The van der Waals surface area contributed by atoms with E-state index in [9.17, 15) is 18.0 Å². The highest BCUT2D eigenvalue weighted by molar-refractivity contribution is 7.85. The molecule has 2 N–H and O–H groups in total. The molecule has 0 fully saturated rings. The molecule has 0 aliphatic carbocycles. The van der Waals surface area contributed by atoms with Crippen LogP contribution in [-0.2, 0) is 16.7 Å². The molecule has 0 radical (unpaired) electrons. The molecule has 0 aliphatic heterocycles. The van der Waals surface area contributed by atoms with Gasteiger partial charge in [0, 0.05) is 6.54 Å². The lowest BCUT2D eigenvalue weighted by Gasteiger charge is -2.07. The van der Waals surface area contributed by atoms with Crippen molar-refractivity contribution in [3.8, 4) is 0 Å². The van der Waals surface area contributed by atoms with Crippen LogP contribution in [0.5, 0.6) is 0 Å². The number of aromatic nitrogens is 2. The summed E-state index contributed by atoms with van der Waals surface area (Å²) in [5.74, 6) is 0. The summed E-state index contributed by atoms with van der Waals surface area (Å²) in [5, 5.41) is 0.0339. The van der Waals surface area contributed by atoms with Crippen molar-refractivity contribution < 1.29 is 13.0 Å². The van der Waals surface area contributed by atoms with Gasteiger partial charge in [-0.1, -0.05) is 0 Å². The normalized spacial score (nSPS) is 11.9. The van der Waals surface area contributed by atoms with Crippen molar-refractivity contribution in [2.75, 3.05) is 0 Å². The van der Waals surface area contributed by atoms with Crippen LogP contribution in [0.25, 0.3) is 10.9 Å². The molecule has 0 saturated heterocycles. The summed E-state index contributed by atoms with van der Waals surface area (Å²) in [6.07, 6.45) is 0. The average molecular weight is 270 g/mol. The van der Waals surface area contributed by atoms with Crippen LogP contribution in [-0.4, -0.2) is 22.5 Å². The molecule has 0 spiro atoms. The maximum Gasteiger partial charge on any atom is 0.328 e. The lowest BCUT2D eigenvalue weighted by molar-refractivity contribution is 0.483. The monoisotopic (exact) mass is 270 g/mol. The Bertz CT molecular complexity index is 831. The first-order valence-electron chi connectivity index (χ1n) is 5.09. The van der Waals surface area contributed by atoms with E-state index in [0.29, 0.717) is 12.1 Å². The van der Waals surface area contributed by atoms with Crippen LogP contribution < -0.4 is 11.2 Å². The Morgan fingerprint density at radius 3 is 2.56 bits per heavy atom. The number of hydrogen-bond acceptors (Lipinski definition) is 4. The van der Waals surface area contributed by atoms with Gasteiger partial charge < -0.3 is 0 Å². The van der Waals surface area contributed by atoms with Gasteiger partial charge in [-0.2, -0.15) is 8.42 Å². The second-order valence-corrected chi connectivity index (χ2v) is 5.08. The van der Waals surface area contributed by atoms with Gasteiger partial charge in [0.25, 0.3) is 15.7 Å². The maximum atomic E-state index is 11.6. The van der Waals surface area contributed by atoms with E-state index in [1.54, 1.807) is 6.92 Å². The minimum atomic E-state index is -4.38. The van der Waals surface area contributed by atoms with Crippen molar-refractivity contribution >= 4 is 21.0 Å². The highest BCUT2D eigenvalue weighted by Gasteiger charge is 2.13. The third-order valence-electron chi connectivity index (χ3n) is 2.58. The first-order valence-corrected chi connectivity index (χ1v) is 6.53. The average Bonchev–Trinajstić information content (AvgIpc) is 2.27. The van der Waals surface area contributed by atoms with Crippen LogP contribution in [0.4, 0.5) is 0 Å². The van der Waals surface area contributed by atoms with Crippen LogP contribution in [0.15, 0.2) is 32.7 Å². The van der Waals surface area contributed by atoms with Crippen LogP contribution in [0, 0.1) is 0 Å². The molecule has 0 amide bonds. The van der Waals surface area contributed by atoms with Crippen LogP contribution in [0.2, 0.25) is 0 Å². The number of nitrogens with one attached hydrogen (secondary N) is 1. The van der Waals surface area contributed by atoms with Crippen LogP contribution >= 0.6 is 0 Å². The summed E-state index contributed by atoms with van der Waals surface area (Å²) in [7, 11) is -4.38. The number of H-pyrrole nitrogens is 1. The van der Waals surface area contributed by atoms with E-state index >= 15 is 0 Å². The largest absolute Gasteiger partial charge is 0.328 e. The molecule has 1 heterocycles. The molecule has 0 atom stereocenters.